The van der Waals surface area contributed by atoms with E-state index in [-0.39, 0.29) is 0 Å². The van der Waals surface area contributed by atoms with Crippen LogP contribution in [0, 0.1) is 0 Å². The van der Waals surface area contributed by atoms with Crippen molar-refractivity contribution in [2.45, 2.75) is 32.7 Å². The number of hydrogen-bond acceptors (Lipinski definition) is 2. The van der Waals surface area contributed by atoms with Crippen molar-refractivity contribution in [3.8, 4) is 0 Å². The van der Waals surface area contributed by atoms with Crippen LogP contribution in [0.25, 0.3) is 0 Å². The highest BCUT2D eigenvalue weighted by molar-refractivity contribution is 5.10. The summed E-state index contributed by atoms with van der Waals surface area (Å²) < 4.78 is 2.25. The summed E-state index contributed by atoms with van der Waals surface area (Å²) in [6.45, 7) is 7.45. The van der Waals surface area contributed by atoms with Gasteiger partial charge >= 0.3 is 0 Å². The highest BCUT2D eigenvalue weighted by Crippen LogP contribution is 2.21. The Morgan fingerprint density at radius 2 is 2.53 bits per heavy atom. The minimum Gasteiger partial charge on any atom is -0.330 e. The highest BCUT2D eigenvalue weighted by atomic mass is 15.1. The van der Waals surface area contributed by atoms with E-state index in [9.17, 15) is 0 Å². The van der Waals surface area contributed by atoms with Crippen LogP contribution < -0.4 is 5.32 Å². The first-order valence-electron chi connectivity index (χ1n) is 5.61. The molecule has 0 saturated carbocycles. The van der Waals surface area contributed by atoms with E-state index in [2.05, 4.69) is 34.8 Å². The van der Waals surface area contributed by atoms with Crippen LogP contribution in [0.4, 0.5) is 0 Å². The average Bonchev–Trinajstić information content (AvgIpc) is 2.85. The van der Waals surface area contributed by atoms with Gasteiger partial charge in [-0.15, -0.1) is 0 Å². The molecule has 3 heteroatoms. The highest BCUT2D eigenvalue weighted by Gasteiger charge is 2.19. The lowest BCUT2D eigenvalue weighted by atomic mass is 10.1. The summed E-state index contributed by atoms with van der Waals surface area (Å²) >= 11 is 0. The van der Waals surface area contributed by atoms with Crippen LogP contribution in [0.2, 0.25) is 0 Å². The van der Waals surface area contributed by atoms with Crippen LogP contribution in [0.3, 0.4) is 0 Å². The third-order valence-corrected chi connectivity index (χ3v) is 2.92. The fraction of sp³-hybridized carbons (Fsp3) is 0.583. The molecule has 0 radical (unpaired) electrons. The molecule has 82 valence electrons. The first kappa shape index (κ1) is 10.4. The molecule has 2 rings (SSSR count). The third-order valence-electron chi connectivity index (χ3n) is 2.92. The van der Waals surface area contributed by atoms with Crippen LogP contribution in [-0.2, 0) is 6.54 Å². The minimum absolute atomic E-state index is 0.651. The monoisotopic (exact) mass is 205 g/mol. The van der Waals surface area contributed by atoms with Crippen LogP contribution in [0.1, 0.15) is 31.9 Å². The Labute approximate surface area is 91.2 Å². The Bertz CT molecular complexity index is 342. The summed E-state index contributed by atoms with van der Waals surface area (Å²) in [6, 6.07) is 0. The van der Waals surface area contributed by atoms with E-state index >= 15 is 0 Å². The molecule has 1 aromatic heterocycles. The Morgan fingerprint density at radius 1 is 1.67 bits per heavy atom. The predicted molar refractivity (Wildman–Crippen MR) is 61.9 cm³/mol. The smallest absolute Gasteiger partial charge is 0.0951 e. The molecule has 1 N–H and O–H groups in total. The molecular weight excluding hydrogens is 186 g/mol. The van der Waals surface area contributed by atoms with Gasteiger partial charge in [-0.3, -0.25) is 0 Å². The Kier molecular flexibility index (Phi) is 3.21. The van der Waals surface area contributed by atoms with E-state index < -0.39 is 0 Å². The number of rotatable bonds is 3. The molecule has 1 unspecified atom stereocenters. The second-order valence-electron chi connectivity index (χ2n) is 4.44. The lowest BCUT2D eigenvalue weighted by Gasteiger charge is -2.11. The Balaban J connectivity index is 2.10. The summed E-state index contributed by atoms with van der Waals surface area (Å²) in [5.41, 5.74) is 2.73. The summed E-state index contributed by atoms with van der Waals surface area (Å²) in [6.07, 6.45) is 7.43. The van der Waals surface area contributed by atoms with Crippen LogP contribution >= 0.6 is 0 Å². The largest absolute Gasteiger partial charge is 0.330 e. The van der Waals surface area contributed by atoms with Gasteiger partial charge in [0.2, 0.25) is 0 Å². The van der Waals surface area contributed by atoms with Gasteiger partial charge in [0.1, 0.15) is 0 Å². The van der Waals surface area contributed by atoms with Crippen molar-refractivity contribution < 1.29 is 0 Å². The number of imidazole rings is 1. The quantitative estimate of drug-likeness (QED) is 0.764. The van der Waals surface area contributed by atoms with E-state index in [1.807, 2.05) is 12.5 Å². The van der Waals surface area contributed by atoms with Crippen LogP contribution in [-0.4, -0.2) is 22.6 Å². The molecule has 1 saturated heterocycles. The zero-order chi connectivity index (χ0) is 10.7. The average molecular weight is 205 g/mol. The maximum absolute atomic E-state index is 4.25. The number of nitrogens with one attached hydrogen (secondary N) is 1. The van der Waals surface area contributed by atoms with Crippen molar-refractivity contribution in [1.82, 2.24) is 14.9 Å². The summed E-state index contributed by atoms with van der Waals surface area (Å²) in [7, 11) is 0. The standard InChI is InChI=1S/C12H19N3/c1-10(2)4-6-15-9-14-8-12(15)11-3-5-13-7-11/h4,8-9,11,13H,3,5-7H2,1-2H3. The second kappa shape index (κ2) is 4.62. The predicted octanol–water partition coefficient (Wildman–Crippen LogP) is 1.93. The molecule has 1 aliphatic rings. The van der Waals surface area contributed by atoms with Crippen molar-refractivity contribution in [2.75, 3.05) is 13.1 Å². The topological polar surface area (TPSA) is 29.9 Å². The van der Waals surface area contributed by atoms with Crippen molar-refractivity contribution in [3.63, 3.8) is 0 Å². The van der Waals surface area contributed by atoms with Gasteiger partial charge in [-0.05, 0) is 26.8 Å². The number of hydrogen-bond donors (Lipinski definition) is 1. The van der Waals surface area contributed by atoms with Gasteiger partial charge in [0.25, 0.3) is 0 Å². The molecule has 1 aliphatic heterocycles. The zero-order valence-corrected chi connectivity index (χ0v) is 9.53. The summed E-state index contributed by atoms with van der Waals surface area (Å²) in [5.74, 6) is 0.651. The van der Waals surface area contributed by atoms with Gasteiger partial charge in [-0.2, -0.15) is 0 Å². The maximum Gasteiger partial charge on any atom is 0.0951 e. The van der Waals surface area contributed by atoms with E-state index in [0.717, 1.165) is 19.6 Å². The van der Waals surface area contributed by atoms with Gasteiger partial charge in [0.05, 0.1) is 6.33 Å². The molecule has 0 amide bonds. The first-order valence-corrected chi connectivity index (χ1v) is 5.61. The van der Waals surface area contributed by atoms with Gasteiger partial charge in [-0.1, -0.05) is 11.6 Å². The van der Waals surface area contributed by atoms with Gasteiger partial charge < -0.3 is 9.88 Å². The van der Waals surface area contributed by atoms with Gasteiger partial charge in [0, 0.05) is 30.9 Å². The zero-order valence-electron chi connectivity index (χ0n) is 9.53. The fourth-order valence-electron chi connectivity index (χ4n) is 2.01. The first-order chi connectivity index (χ1) is 7.27. The molecule has 1 fully saturated rings. The van der Waals surface area contributed by atoms with Crippen LogP contribution in [0.15, 0.2) is 24.2 Å². The Morgan fingerprint density at radius 3 is 3.20 bits per heavy atom. The molecule has 3 nitrogen and oxygen atoms in total. The molecule has 1 atom stereocenters. The van der Waals surface area contributed by atoms with Crippen molar-refractivity contribution >= 4 is 0 Å². The molecular formula is C12H19N3. The SMILES string of the molecule is CC(C)=CCn1cncc1C1CCNC1. The van der Waals surface area contributed by atoms with Gasteiger partial charge in [-0.25, -0.2) is 4.98 Å². The van der Waals surface area contributed by atoms with Crippen molar-refractivity contribution in [3.05, 3.63) is 29.9 Å². The maximum atomic E-state index is 4.25. The lowest BCUT2D eigenvalue weighted by molar-refractivity contribution is 0.660. The number of allylic oxidation sites excluding steroid dienone is 2. The van der Waals surface area contributed by atoms with Crippen molar-refractivity contribution in [1.29, 1.82) is 0 Å². The van der Waals surface area contributed by atoms with E-state index in [1.165, 1.54) is 17.7 Å². The Hall–Kier alpha value is -1.09. The molecule has 0 aliphatic carbocycles. The minimum atomic E-state index is 0.651. The molecule has 0 bridgehead atoms. The summed E-state index contributed by atoms with van der Waals surface area (Å²) in [4.78, 5) is 4.25. The van der Waals surface area contributed by atoms with Crippen LogP contribution in [0.5, 0.6) is 0 Å². The fourth-order valence-corrected chi connectivity index (χ4v) is 2.01. The number of nitrogens with zero attached hydrogens (tertiary/aromatic N) is 2. The molecule has 2 heterocycles. The second-order valence-corrected chi connectivity index (χ2v) is 4.44. The molecule has 1 aromatic rings. The van der Waals surface area contributed by atoms with E-state index in [0.29, 0.717) is 5.92 Å². The van der Waals surface area contributed by atoms with E-state index in [1.54, 1.807) is 0 Å². The lowest BCUT2D eigenvalue weighted by Crippen LogP contribution is -2.11. The van der Waals surface area contributed by atoms with Gasteiger partial charge in [0.15, 0.2) is 0 Å². The van der Waals surface area contributed by atoms with E-state index in [4.69, 9.17) is 0 Å². The summed E-state index contributed by atoms with van der Waals surface area (Å²) in [5, 5.41) is 3.40. The normalized spacial score (nSPS) is 20.5. The molecule has 0 spiro atoms. The molecule has 0 aromatic carbocycles. The third kappa shape index (κ3) is 2.48. The van der Waals surface area contributed by atoms with Crippen molar-refractivity contribution in [2.24, 2.45) is 0 Å². The molecule has 15 heavy (non-hydrogen) atoms. The number of aromatic nitrogens is 2.